The molecule has 1 aliphatic carbocycles. The Labute approximate surface area is 266 Å². The molecule has 2 fully saturated rings. The van der Waals surface area contributed by atoms with E-state index in [2.05, 4.69) is 28.8 Å². The number of ether oxygens (including phenoxy) is 4. The molecule has 1 N–H and O–H groups in total. The van der Waals surface area contributed by atoms with Crippen LogP contribution in [0.15, 0.2) is 30.9 Å². The summed E-state index contributed by atoms with van der Waals surface area (Å²) in [6.07, 6.45) is 5.38. The Kier molecular flexibility index (Phi) is 10.9. The molecule has 2 aromatic rings. The number of carbonyl (C=O) groups excluding carboxylic acids is 3. The summed E-state index contributed by atoms with van der Waals surface area (Å²) >= 11 is 0. The zero-order valence-corrected chi connectivity index (χ0v) is 27.6. The van der Waals surface area contributed by atoms with Crippen LogP contribution in [0.25, 0.3) is 11.0 Å². The number of hydrogen-bond donors (Lipinski definition) is 1. The third-order valence-electron chi connectivity index (χ3n) is 8.78. The first-order valence-corrected chi connectivity index (χ1v) is 15.8. The van der Waals surface area contributed by atoms with E-state index in [-0.39, 0.29) is 25.0 Å². The predicted molar refractivity (Wildman–Crippen MR) is 170 cm³/mol. The highest BCUT2D eigenvalue weighted by Gasteiger charge is 2.47. The predicted octanol–water partition coefficient (Wildman–Crippen LogP) is 5.38. The summed E-state index contributed by atoms with van der Waals surface area (Å²) in [4.78, 5) is 51.0. The summed E-state index contributed by atoms with van der Waals surface area (Å²) in [5.41, 5.74) is 1.19. The third kappa shape index (κ3) is 8.23. The molecule has 0 spiro atoms. The highest BCUT2D eigenvalue weighted by atomic mass is 16.6. The number of carbonyl (C=O) groups is 3. The summed E-state index contributed by atoms with van der Waals surface area (Å²) in [5, 5.41) is 2.85. The van der Waals surface area contributed by atoms with Gasteiger partial charge in [-0.25, -0.2) is 19.6 Å². The molecule has 1 aliphatic heterocycles. The number of allylic oxidation sites excluding steroid dienone is 1. The zero-order chi connectivity index (χ0) is 32.9. The summed E-state index contributed by atoms with van der Waals surface area (Å²) < 4.78 is 22.6. The van der Waals surface area contributed by atoms with E-state index in [0.717, 1.165) is 32.1 Å². The molecule has 0 unspecified atom stereocenters. The van der Waals surface area contributed by atoms with Crippen LogP contribution in [0.4, 0.5) is 4.79 Å². The zero-order valence-electron chi connectivity index (χ0n) is 27.6. The number of alkyl carbamates (subject to hydrolysis) is 1. The van der Waals surface area contributed by atoms with Crippen molar-refractivity contribution >= 4 is 29.0 Å². The second kappa shape index (κ2) is 14.5. The van der Waals surface area contributed by atoms with Gasteiger partial charge in [-0.2, -0.15) is 0 Å². The van der Waals surface area contributed by atoms with Gasteiger partial charge in [0.25, 0.3) is 0 Å². The SMILES string of the molecule is C=CCCC[C@@H]1C[C@@H](C)C[C@H]1OC(=O)N[C@H](C(=O)N1C[C@H](Oc2nc3cc(OC)ccc3nc2C)C[C@H]1C(=O)OC)C(C)(C)C. The number of likely N-dealkylation sites (tertiary alicyclic amines) is 1. The molecule has 246 valence electrons. The van der Waals surface area contributed by atoms with Crippen LogP contribution in [-0.4, -0.2) is 77.9 Å². The molecule has 11 nitrogen and oxygen atoms in total. The molecular formula is C34H48N4O7. The summed E-state index contributed by atoms with van der Waals surface area (Å²) in [6.45, 7) is 13.5. The fourth-order valence-corrected chi connectivity index (χ4v) is 6.42. The minimum absolute atomic E-state index is 0.102. The van der Waals surface area contributed by atoms with Crippen LogP contribution in [0.5, 0.6) is 11.6 Å². The molecule has 2 amide bonds. The van der Waals surface area contributed by atoms with Gasteiger partial charge < -0.3 is 29.2 Å². The molecule has 1 aromatic carbocycles. The molecular weight excluding hydrogens is 576 g/mol. The smallest absolute Gasteiger partial charge is 0.408 e. The standard InChI is InChI=1S/C34H48N4O7/c1-9-10-11-12-22-15-20(2)16-28(22)45-33(41)37-29(34(4,5)6)31(39)38-19-24(18-27(38)32(40)43-8)44-30-21(3)35-25-14-13-23(42-7)17-26(25)36-30/h9,13-14,17,20,22,24,27-29H,1,10-12,15-16,18-19H2,2-8H3,(H,37,41)/t20-,22-,24-,27+,28-,29-/m1/s1. The highest BCUT2D eigenvalue weighted by Crippen LogP contribution is 2.37. The van der Waals surface area contributed by atoms with Crippen molar-refractivity contribution in [2.75, 3.05) is 20.8 Å². The lowest BCUT2D eigenvalue weighted by molar-refractivity contribution is -0.152. The molecule has 6 atom stereocenters. The first-order chi connectivity index (χ1) is 21.3. The molecule has 45 heavy (non-hydrogen) atoms. The number of rotatable bonds is 11. The lowest BCUT2D eigenvalue weighted by Crippen LogP contribution is -2.57. The number of amides is 2. The van der Waals surface area contributed by atoms with Gasteiger partial charge >= 0.3 is 12.1 Å². The Morgan fingerprint density at radius 1 is 1.13 bits per heavy atom. The first-order valence-electron chi connectivity index (χ1n) is 15.8. The summed E-state index contributed by atoms with van der Waals surface area (Å²) in [6, 6.07) is 3.55. The number of esters is 1. The van der Waals surface area contributed by atoms with E-state index in [1.807, 2.05) is 39.0 Å². The van der Waals surface area contributed by atoms with Gasteiger partial charge in [0, 0.05) is 12.5 Å². The minimum Gasteiger partial charge on any atom is -0.497 e. The second-order valence-electron chi connectivity index (χ2n) is 13.4. The molecule has 1 aromatic heterocycles. The van der Waals surface area contributed by atoms with Crippen LogP contribution in [0.2, 0.25) is 0 Å². The minimum atomic E-state index is -0.955. The van der Waals surface area contributed by atoms with Crippen LogP contribution in [0, 0.1) is 24.2 Å². The van der Waals surface area contributed by atoms with Gasteiger partial charge in [0.15, 0.2) is 0 Å². The van der Waals surface area contributed by atoms with E-state index >= 15 is 0 Å². The number of aromatic nitrogens is 2. The highest BCUT2D eigenvalue weighted by molar-refractivity contribution is 5.91. The Morgan fingerprint density at radius 3 is 2.56 bits per heavy atom. The molecule has 4 rings (SSSR count). The topological polar surface area (TPSA) is 129 Å². The number of hydrogen-bond acceptors (Lipinski definition) is 9. The Balaban J connectivity index is 1.50. The van der Waals surface area contributed by atoms with E-state index in [9.17, 15) is 14.4 Å². The van der Waals surface area contributed by atoms with E-state index in [0.29, 0.717) is 34.3 Å². The molecule has 0 bridgehead atoms. The van der Waals surface area contributed by atoms with Gasteiger partial charge in [0.2, 0.25) is 11.8 Å². The number of nitrogens with one attached hydrogen (secondary N) is 1. The van der Waals surface area contributed by atoms with E-state index in [1.165, 1.54) is 12.0 Å². The van der Waals surface area contributed by atoms with E-state index in [1.54, 1.807) is 20.1 Å². The Bertz CT molecular complexity index is 1390. The van der Waals surface area contributed by atoms with Crippen LogP contribution in [0.3, 0.4) is 0 Å². The molecule has 2 heterocycles. The van der Waals surface area contributed by atoms with Crippen LogP contribution in [0.1, 0.15) is 71.9 Å². The molecule has 0 radical (unpaired) electrons. The summed E-state index contributed by atoms with van der Waals surface area (Å²) in [5.74, 6) is 0.711. The molecule has 1 saturated carbocycles. The average molecular weight is 625 g/mol. The monoisotopic (exact) mass is 624 g/mol. The fourth-order valence-electron chi connectivity index (χ4n) is 6.42. The number of methoxy groups -OCH3 is 2. The van der Waals surface area contributed by atoms with Gasteiger partial charge in [-0.05, 0) is 68.4 Å². The van der Waals surface area contributed by atoms with Crippen molar-refractivity contribution < 1.29 is 33.3 Å². The van der Waals surface area contributed by atoms with Crippen molar-refractivity contribution in [3.05, 3.63) is 36.5 Å². The number of aryl methyl sites for hydroxylation is 1. The van der Waals surface area contributed by atoms with Crippen molar-refractivity contribution in [3.8, 4) is 11.6 Å². The van der Waals surface area contributed by atoms with Crippen LogP contribution in [-0.2, 0) is 19.1 Å². The number of benzene rings is 1. The quantitative estimate of drug-likeness (QED) is 0.199. The number of fused-ring (bicyclic) bond motifs is 1. The van der Waals surface area contributed by atoms with Crippen LogP contribution >= 0.6 is 0 Å². The summed E-state index contributed by atoms with van der Waals surface area (Å²) in [7, 11) is 2.87. The largest absolute Gasteiger partial charge is 0.497 e. The number of unbranched alkanes of at least 4 members (excludes halogenated alkanes) is 1. The second-order valence-corrected chi connectivity index (χ2v) is 13.4. The van der Waals surface area contributed by atoms with Gasteiger partial charge in [-0.15, -0.1) is 6.58 Å². The third-order valence-corrected chi connectivity index (χ3v) is 8.78. The maximum atomic E-state index is 14.1. The lowest BCUT2D eigenvalue weighted by atomic mass is 9.85. The normalized spacial score (nSPS) is 23.8. The fraction of sp³-hybridized carbons (Fsp3) is 0.618. The van der Waals surface area contributed by atoms with Gasteiger partial charge in [0.1, 0.15) is 35.7 Å². The van der Waals surface area contributed by atoms with E-state index < -0.39 is 41.6 Å². The maximum absolute atomic E-state index is 14.1. The van der Waals surface area contributed by atoms with Gasteiger partial charge in [-0.1, -0.05) is 33.8 Å². The number of nitrogens with zero attached hydrogens (tertiary/aromatic N) is 3. The van der Waals surface area contributed by atoms with Crippen molar-refractivity contribution in [2.45, 2.75) is 97.4 Å². The Morgan fingerprint density at radius 2 is 1.89 bits per heavy atom. The Hall–Kier alpha value is -3.89. The molecule has 11 heteroatoms. The average Bonchev–Trinajstić information content (AvgIpc) is 3.57. The molecule has 2 aliphatic rings. The van der Waals surface area contributed by atoms with E-state index in [4.69, 9.17) is 18.9 Å². The van der Waals surface area contributed by atoms with Crippen molar-refractivity contribution in [2.24, 2.45) is 17.3 Å². The maximum Gasteiger partial charge on any atom is 0.408 e. The lowest BCUT2D eigenvalue weighted by Gasteiger charge is -2.35. The van der Waals surface area contributed by atoms with Crippen molar-refractivity contribution in [1.82, 2.24) is 20.2 Å². The van der Waals surface area contributed by atoms with Gasteiger partial charge in [-0.3, -0.25) is 4.79 Å². The first kappa shape index (κ1) is 34.0. The van der Waals surface area contributed by atoms with Gasteiger partial charge in [0.05, 0.1) is 31.8 Å². The van der Waals surface area contributed by atoms with Crippen molar-refractivity contribution in [1.29, 1.82) is 0 Å². The van der Waals surface area contributed by atoms with Crippen LogP contribution < -0.4 is 14.8 Å². The molecule has 1 saturated heterocycles. The van der Waals surface area contributed by atoms with Crippen molar-refractivity contribution in [3.63, 3.8) is 0 Å².